The van der Waals surface area contributed by atoms with Crippen LogP contribution in [0.5, 0.6) is 0 Å². The number of anilines is 2. The van der Waals surface area contributed by atoms with Crippen molar-refractivity contribution in [3.63, 3.8) is 0 Å². The van der Waals surface area contributed by atoms with Gasteiger partial charge in [-0.1, -0.05) is 24.3 Å². The Kier molecular flexibility index (Phi) is 4.13. The van der Waals surface area contributed by atoms with Gasteiger partial charge in [0.05, 0.1) is 16.3 Å². The summed E-state index contributed by atoms with van der Waals surface area (Å²) in [6, 6.07) is 14.9. The Bertz CT molecular complexity index is 1080. The maximum Gasteiger partial charge on any atom is 0.296 e. The van der Waals surface area contributed by atoms with Crippen molar-refractivity contribution in [3.05, 3.63) is 70.6 Å². The number of hydrogen-bond donors (Lipinski definition) is 2. The molecule has 0 radical (unpaired) electrons. The van der Waals surface area contributed by atoms with Crippen molar-refractivity contribution < 1.29 is 8.42 Å². The average Bonchev–Trinajstić information content (AvgIpc) is 2.79. The molecule has 7 nitrogen and oxygen atoms in total. The van der Waals surface area contributed by atoms with E-state index in [4.69, 9.17) is 5.73 Å². The summed E-state index contributed by atoms with van der Waals surface area (Å²) in [5, 5.41) is 0. The monoisotopic (exact) mass is 358 g/mol. The number of sulfonamides is 1. The SMILES string of the molecule is Cc1c(NS(=O)(=O)c2cccc(N)c2)c(=O)n(-c2ccccc2)n1C. The summed E-state index contributed by atoms with van der Waals surface area (Å²) < 4.78 is 30.6. The van der Waals surface area contributed by atoms with Gasteiger partial charge >= 0.3 is 0 Å². The summed E-state index contributed by atoms with van der Waals surface area (Å²) in [4.78, 5) is 12.8. The zero-order chi connectivity index (χ0) is 18.2. The Balaban J connectivity index is 2.09. The van der Waals surface area contributed by atoms with Crippen molar-refractivity contribution in [2.75, 3.05) is 10.5 Å². The molecule has 0 unspecified atom stereocenters. The number of nitrogens with one attached hydrogen (secondary N) is 1. The van der Waals surface area contributed by atoms with Crippen molar-refractivity contribution in [1.82, 2.24) is 9.36 Å². The van der Waals surface area contributed by atoms with E-state index in [1.807, 2.05) is 6.07 Å². The van der Waals surface area contributed by atoms with E-state index in [9.17, 15) is 13.2 Å². The minimum absolute atomic E-state index is 0.00131. The highest BCUT2D eigenvalue weighted by molar-refractivity contribution is 7.92. The lowest BCUT2D eigenvalue weighted by Gasteiger charge is -2.08. The maximum absolute atomic E-state index is 12.8. The van der Waals surface area contributed by atoms with E-state index in [0.717, 1.165) is 0 Å². The Labute approximate surface area is 145 Å². The van der Waals surface area contributed by atoms with Gasteiger partial charge in [-0.3, -0.25) is 14.2 Å². The van der Waals surface area contributed by atoms with Gasteiger partial charge in [0, 0.05) is 12.7 Å². The lowest BCUT2D eigenvalue weighted by molar-refractivity contribution is 0.601. The van der Waals surface area contributed by atoms with Crippen LogP contribution < -0.4 is 16.0 Å². The Morgan fingerprint density at radius 2 is 1.72 bits per heavy atom. The average molecular weight is 358 g/mol. The predicted molar refractivity (Wildman–Crippen MR) is 97.4 cm³/mol. The molecule has 3 N–H and O–H groups in total. The number of hydrogen-bond acceptors (Lipinski definition) is 4. The number of aromatic nitrogens is 2. The van der Waals surface area contributed by atoms with Crippen LogP contribution in [0.25, 0.3) is 5.69 Å². The number of para-hydroxylation sites is 1. The van der Waals surface area contributed by atoms with Crippen LogP contribution in [0.4, 0.5) is 11.4 Å². The van der Waals surface area contributed by atoms with Crippen molar-refractivity contribution in [2.45, 2.75) is 11.8 Å². The molecular formula is C17H18N4O3S. The standard InChI is InChI=1S/C17H18N4O3S/c1-12-16(19-25(23,24)15-10-6-7-13(18)11-15)17(22)21(20(12)2)14-8-4-3-5-9-14/h3-11,19H,18H2,1-2H3. The van der Waals surface area contributed by atoms with E-state index in [2.05, 4.69) is 4.72 Å². The molecule has 3 rings (SSSR count). The van der Waals surface area contributed by atoms with E-state index in [1.54, 1.807) is 55.1 Å². The normalized spacial score (nSPS) is 11.4. The smallest absolute Gasteiger partial charge is 0.296 e. The highest BCUT2D eigenvalue weighted by Gasteiger charge is 2.22. The first-order chi connectivity index (χ1) is 11.8. The fourth-order valence-electron chi connectivity index (χ4n) is 2.56. The lowest BCUT2D eigenvalue weighted by Crippen LogP contribution is -2.23. The van der Waals surface area contributed by atoms with Crippen LogP contribution in [0.2, 0.25) is 0 Å². The minimum atomic E-state index is -3.92. The molecule has 0 saturated carbocycles. The Hall–Kier alpha value is -3.00. The van der Waals surface area contributed by atoms with Crippen LogP contribution in [0, 0.1) is 6.92 Å². The van der Waals surface area contributed by atoms with Crippen LogP contribution in [-0.2, 0) is 17.1 Å². The summed E-state index contributed by atoms with van der Waals surface area (Å²) in [6.07, 6.45) is 0. The van der Waals surface area contributed by atoms with Gasteiger partial charge < -0.3 is 5.73 Å². The topological polar surface area (TPSA) is 99.1 Å². The molecule has 0 amide bonds. The molecule has 1 aromatic heterocycles. The highest BCUT2D eigenvalue weighted by Crippen LogP contribution is 2.19. The first-order valence-corrected chi connectivity index (χ1v) is 9.02. The number of nitrogens with zero attached hydrogens (tertiary/aromatic N) is 2. The fourth-order valence-corrected chi connectivity index (χ4v) is 3.73. The van der Waals surface area contributed by atoms with Crippen LogP contribution in [-0.4, -0.2) is 17.8 Å². The number of benzene rings is 2. The molecule has 0 spiro atoms. The molecule has 2 aromatic carbocycles. The van der Waals surface area contributed by atoms with E-state index in [1.165, 1.54) is 16.8 Å². The summed E-state index contributed by atoms with van der Waals surface area (Å²) in [7, 11) is -2.23. The van der Waals surface area contributed by atoms with Gasteiger partial charge in [-0.25, -0.2) is 13.1 Å². The van der Waals surface area contributed by atoms with Gasteiger partial charge in [0.2, 0.25) is 0 Å². The molecular weight excluding hydrogens is 340 g/mol. The zero-order valence-corrected chi connectivity index (χ0v) is 14.6. The summed E-state index contributed by atoms with van der Waals surface area (Å²) in [5.41, 5.74) is 6.69. The van der Waals surface area contributed by atoms with Gasteiger partial charge in [-0.2, -0.15) is 0 Å². The minimum Gasteiger partial charge on any atom is -0.399 e. The largest absolute Gasteiger partial charge is 0.399 e. The number of nitrogen functional groups attached to an aromatic ring is 1. The van der Waals surface area contributed by atoms with Crippen molar-refractivity contribution >= 4 is 21.4 Å². The quantitative estimate of drug-likeness (QED) is 0.696. The summed E-state index contributed by atoms with van der Waals surface area (Å²) in [5.74, 6) is 0. The molecule has 3 aromatic rings. The molecule has 0 aliphatic heterocycles. The van der Waals surface area contributed by atoms with Crippen LogP contribution in [0.1, 0.15) is 5.69 Å². The fraction of sp³-hybridized carbons (Fsp3) is 0.118. The number of rotatable bonds is 4. The zero-order valence-electron chi connectivity index (χ0n) is 13.8. The van der Waals surface area contributed by atoms with Gasteiger partial charge in [-0.05, 0) is 37.3 Å². The molecule has 0 bridgehead atoms. The Morgan fingerprint density at radius 1 is 1.04 bits per heavy atom. The molecule has 130 valence electrons. The summed E-state index contributed by atoms with van der Waals surface area (Å²) >= 11 is 0. The highest BCUT2D eigenvalue weighted by atomic mass is 32.2. The molecule has 0 atom stereocenters. The third-order valence-electron chi connectivity index (χ3n) is 3.96. The summed E-state index contributed by atoms with van der Waals surface area (Å²) in [6.45, 7) is 1.68. The second-order valence-corrected chi connectivity index (χ2v) is 7.30. The van der Waals surface area contributed by atoms with E-state index in [-0.39, 0.29) is 10.6 Å². The Morgan fingerprint density at radius 3 is 2.36 bits per heavy atom. The van der Waals surface area contributed by atoms with Crippen molar-refractivity contribution in [1.29, 1.82) is 0 Å². The van der Waals surface area contributed by atoms with Gasteiger partial charge in [0.15, 0.2) is 0 Å². The second kappa shape index (κ2) is 6.14. The third-order valence-corrected chi connectivity index (χ3v) is 5.31. The molecule has 25 heavy (non-hydrogen) atoms. The van der Waals surface area contributed by atoms with E-state index in [0.29, 0.717) is 17.1 Å². The molecule has 0 saturated heterocycles. The molecule has 0 fully saturated rings. The lowest BCUT2D eigenvalue weighted by atomic mass is 10.3. The van der Waals surface area contributed by atoms with E-state index < -0.39 is 15.6 Å². The van der Waals surface area contributed by atoms with Gasteiger partial charge in [0.1, 0.15) is 5.69 Å². The van der Waals surface area contributed by atoms with Gasteiger partial charge in [0.25, 0.3) is 15.6 Å². The van der Waals surface area contributed by atoms with Crippen molar-refractivity contribution in [2.24, 2.45) is 7.05 Å². The van der Waals surface area contributed by atoms with Gasteiger partial charge in [-0.15, -0.1) is 0 Å². The second-order valence-electron chi connectivity index (χ2n) is 5.61. The van der Waals surface area contributed by atoms with Crippen molar-refractivity contribution in [3.8, 4) is 5.69 Å². The van der Waals surface area contributed by atoms with Crippen LogP contribution >= 0.6 is 0 Å². The molecule has 8 heteroatoms. The predicted octanol–water partition coefficient (Wildman–Crippen LogP) is 1.87. The molecule has 0 aliphatic rings. The molecule has 1 heterocycles. The van der Waals surface area contributed by atoms with Crippen LogP contribution in [0.3, 0.4) is 0 Å². The maximum atomic E-state index is 12.8. The first kappa shape index (κ1) is 16.8. The van der Waals surface area contributed by atoms with E-state index >= 15 is 0 Å². The first-order valence-electron chi connectivity index (χ1n) is 7.53. The molecule has 0 aliphatic carbocycles. The van der Waals surface area contributed by atoms with Crippen LogP contribution in [0.15, 0.2) is 64.3 Å². The third kappa shape index (κ3) is 3.03. The number of nitrogens with two attached hydrogens (primary N) is 1.